The van der Waals surface area contributed by atoms with Gasteiger partial charge in [0.2, 0.25) is 0 Å². The highest BCUT2D eigenvalue weighted by atomic mass is 35.5. The molecule has 0 aliphatic carbocycles. The zero-order valence-electron chi connectivity index (χ0n) is 10.6. The normalized spacial score (nSPS) is 14.1. The zero-order valence-corrected chi connectivity index (χ0v) is 11.4. The summed E-state index contributed by atoms with van der Waals surface area (Å²) in [5.74, 6) is 0. The molecule has 3 heteroatoms. The van der Waals surface area contributed by atoms with Gasteiger partial charge in [0.1, 0.15) is 0 Å². The van der Waals surface area contributed by atoms with Crippen LogP contribution in [0.4, 0.5) is 5.69 Å². The number of nitrogens with two attached hydrogens (primary N) is 1. The van der Waals surface area contributed by atoms with Crippen molar-refractivity contribution in [3.63, 3.8) is 0 Å². The Labute approximate surface area is 118 Å². The van der Waals surface area contributed by atoms with Gasteiger partial charge in [0.05, 0.1) is 5.60 Å². The molecule has 0 fully saturated rings. The highest BCUT2D eigenvalue weighted by Crippen LogP contribution is 2.27. The summed E-state index contributed by atoms with van der Waals surface area (Å²) in [6.45, 7) is 3.89. The molecule has 0 heterocycles. The van der Waals surface area contributed by atoms with E-state index >= 15 is 0 Å². The molecule has 2 rings (SSSR count). The smallest absolute Gasteiger partial charge is 0.0901 e. The van der Waals surface area contributed by atoms with Crippen LogP contribution in [0.2, 0.25) is 5.02 Å². The SMILES string of the molecule is [CH2][C@@](O)(CCc1ccc(N)cc1)c1cccc(Cl)c1. The Kier molecular flexibility index (Phi) is 4.13. The Morgan fingerprint density at radius 1 is 1.16 bits per heavy atom. The van der Waals surface area contributed by atoms with Crippen LogP contribution < -0.4 is 5.73 Å². The van der Waals surface area contributed by atoms with Crippen molar-refractivity contribution in [2.24, 2.45) is 0 Å². The van der Waals surface area contributed by atoms with Gasteiger partial charge < -0.3 is 10.8 Å². The first kappa shape index (κ1) is 13.9. The Balaban J connectivity index is 2.07. The predicted molar refractivity (Wildman–Crippen MR) is 79.9 cm³/mol. The summed E-state index contributed by atoms with van der Waals surface area (Å²) in [7, 11) is 0. The minimum absolute atomic E-state index is 0.525. The minimum Gasteiger partial charge on any atom is -0.399 e. The quantitative estimate of drug-likeness (QED) is 0.837. The molecular weight excluding hydrogens is 258 g/mol. The van der Waals surface area contributed by atoms with Crippen molar-refractivity contribution < 1.29 is 5.11 Å². The summed E-state index contributed by atoms with van der Waals surface area (Å²) in [5.41, 5.74) is 7.10. The molecule has 0 saturated heterocycles. The van der Waals surface area contributed by atoms with Crippen molar-refractivity contribution in [1.29, 1.82) is 0 Å². The Morgan fingerprint density at radius 3 is 2.47 bits per heavy atom. The number of hydrogen-bond donors (Lipinski definition) is 2. The van der Waals surface area contributed by atoms with Gasteiger partial charge >= 0.3 is 0 Å². The summed E-state index contributed by atoms with van der Waals surface area (Å²) < 4.78 is 0. The number of rotatable bonds is 4. The van der Waals surface area contributed by atoms with Crippen LogP contribution in [0.3, 0.4) is 0 Å². The first-order valence-corrected chi connectivity index (χ1v) is 6.53. The fourth-order valence-electron chi connectivity index (χ4n) is 1.96. The van der Waals surface area contributed by atoms with Crippen LogP contribution in [-0.4, -0.2) is 5.11 Å². The van der Waals surface area contributed by atoms with E-state index in [1.165, 1.54) is 0 Å². The predicted octanol–water partition coefficient (Wildman–Crippen LogP) is 3.58. The van der Waals surface area contributed by atoms with Crippen LogP contribution in [0.1, 0.15) is 17.5 Å². The number of aliphatic hydroxyl groups is 1. The fourth-order valence-corrected chi connectivity index (χ4v) is 2.15. The van der Waals surface area contributed by atoms with E-state index in [1.807, 2.05) is 36.4 Å². The Bertz CT molecular complexity index is 549. The molecule has 3 N–H and O–H groups in total. The topological polar surface area (TPSA) is 46.2 Å². The molecule has 0 saturated carbocycles. The summed E-state index contributed by atoms with van der Waals surface area (Å²) in [5, 5.41) is 11.0. The van der Waals surface area contributed by atoms with E-state index in [0.717, 1.165) is 23.2 Å². The average Bonchev–Trinajstić information content (AvgIpc) is 2.38. The van der Waals surface area contributed by atoms with Gasteiger partial charge in [-0.25, -0.2) is 0 Å². The van der Waals surface area contributed by atoms with Gasteiger partial charge in [-0.2, -0.15) is 0 Å². The van der Waals surface area contributed by atoms with E-state index in [0.29, 0.717) is 11.4 Å². The van der Waals surface area contributed by atoms with E-state index in [2.05, 4.69) is 6.92 Å². The number of halogens is 1. The lowest BCUT2D eigenvalue weighted by Crippen LogP contribution is -2.22. The fraction of sp³-hybridized carbons (Fsp3) is 0.188. The maximum Gasteiger partial charge on any atom is 0.0901 e. The molecule has 2 nitrogen and oxygen atoms in total. The van der Waals surface area contributed by atoms with Gasteiger partial charge in [-0.1, -0.05) is 35.9 Å². The number of nitrogen functional groups attached to an aromatic ring is 1. The van der Waals surface area contributed by atoms with Crippen LogP contribution in [0.5, 0.6) is 0 Å². The Morgan fingerprint density at radius 2 is 1.84 bits per heavy atom. The van der Waals surface area contributed by atoms with E-state index in [-0.39, 0.29) is 0 Å². The first-order valence-electron chi connectivity index (χ1n) is 6.15. The molecule has 0 aromatic heterocycles. The molecule has 0 spiro atoms. The molecule has 0 aliphatic heterocycles. The van der Waals surface area contributed by atoms with Gasteiger partial charge in [-0.05, 0) is 55.2 Å². The van der Waals surface area contributed by atoms with Gasteiger partial charge in [0, 0.05) is 10.7 Å². The van der Waals surface area contributed by atoms with Crippen molar-refractivity contribution in [2.45, 2.75) is 18.4 Å². The zero-order chi connectivity index (χ0) is 13.9. The van der Waals surface area contributed by atoms with Crippen LogP contribution in [0.15, 0.2) is 48.5 Å². The van der Waals surface area contributed by atoms with Gasteiger partial charge in [-0.15, -0.1) is 0 Å². The summed E-state index contributed by atoms with van der Waals surface area (Å²) >= 11 is 5.93. The lowest BCUT2D eigenvalue weighted by atomic mass is 9.89. The van der Waals surface area contributed by atoms with Crippen LogP contribution in [0.25, 0.3) is 0 Å². The third-order valence-electron chi connectivity index (χ3n) is 3.17. The molecule has 0 bridgehead atoms. The van der Waals surface area contributed by atoms with Gasteiger partial charge in [0.15, 0.2) is 0 Å². The lowest BCUT2D eigenvalue weighted by Gasteiger charge is -2.24. The molecule has 2 aromatic rings. The van der Waals surface area contributed by atoms with Crippen LogP contribution in [0, 0.1) is 6.92 Å². The molecular formula is C16H17ClNO. The third-order valence-corrected chi connectivity index (χ3v) is 3.40. The maximum atomic E-state index is 10.4. The molecule has 99 valence electrons. The molecule has 1 atom stereocenters. The minimum atomic E-state index is -1.13. The first-order chi connectivity index (χ1) is 8.97. The van der Waals surface area contributed by atoms with E-state index in [4.69, 9.17) is 17.3 Å². The van der Waals surface area contributed by atoms with Crippen molar-refractivity contribution in [2.75, 3.05) is 5.73 Å². The van der Waals surface area contributed by atoms with Crippen molar-refractivity contribution in [3.05, 3.63) is 71.6 Å². The highest BCUT2D eigenvalue weighted by Gasteiger charge is 2.23. The van der Waals surface area contributed by atoms with Crippen molar-refractivity contribution >= 4 is 17.3 Å². The Hall–Kier alpha value is -1.51. The van der Waals surface area contributed by atoms with Gasteiger partial charge in [0.25, 0.3) is 0 Å². The second-order valence-electron chi connectivity index (χ2n) is 4.78. The monoisotopic (exact) mass is 274 g/mol. The number of aryl methyl sites for hydroxylation is 1. The average molecular weight is 275 g/mol. The summed E-state index contributed by atoms with van der Waals surface area (Å²) in [6, 6.07) is 14.8. The number of hydrogen-bond acceptors (Lipinski definition) is 2. The summed E-state index contributed by atoms with van der Waals surface area (Å²) in [4.78, 5) is 0. The van der Waals surface area contributed by atoms with Crippen LogP contribution in [-0.2, 0) is 12.0 Å². The van der Waals surface area contributed by atoms with E-state index < -0.39 is 5.60 Å². The largest absolute Gasteiger partial charge is 0.399 e. The molecule has 0 unspecified atom stereocenters. The number of anilines is 1. The van der Waals surface area contributed by atoms with Gasteiger partial charge in [-0.3, -0.25) is 0 Å². The molecule has 2 aromatic carbocycles. The molecule has 0 amide bonds. The number of benzene rings is 2. The standard InChI is InChI=1S/C16H17ClNO/c1-16(19,13-3-2-4-14(17)11-13)10-9-12-5-7-15(18)8-6-12/h2-8,11,19H,1,9-10,18H2/t16-/m1/s1. The third kappa shape index (κ3) is 3.72. The maximum absolute atomic E-state index is 10.4. The van der Waals surface area contributed by atoms with Crippen LogP contribution >= 0.6 is 11.6 Å². The van der Waals surface area contributed by atoms with Crippen molar-refractivity contribution in [3.8, 4) is 0 Å². The van der Waals surface area contributed by atoms with Crippen molar-refractivity contribution in [1.82, 2.24) is 0 Å². The second kappa shape index (κ2) is 5.64. The van der Waals surface area contributed by atoms with E-state index in [9.17, 15) is 5.11 Å². The second-order valence-corrected chi connectivity index (χ2v) is 5.22. The van der Waals surface area contributed by atoms with E-state index in [1.54, 1.807) is 12.1 Å². The molecule has 19 heavy (non-hydrogen) atoms. The molecule has 1 radical (unpaired) electrons. The highest BCUT2D eigenvalue weighted by molar-refractivity contribution is 6.30. The lowest BCUT2D eigenvalue weighted by molar-refractivity contribution is 0.0768. The summed E-state index contributed by atoms with van der Waals surface area (Å²) in [6.07, 6.45) is 1.25. The molecule has 0 aliphatic rings.